The third-order valence-corrected chi connectivity index (χ3v) is 6.94. The summed E-state index contributed by atoms with van der Waals surface area (Å²) >= 11 is 0. The van der Waals surface area contributed by atoms with E-state index < -0.39 is 114 Å². The number of rotatable bonds is 3. The summed E-state index contributed by atoms with van der Waals surface area (Å²) in [5.74, 6) is 0. The molecular weight excluding hydrogens is 480 g/mol. The Morgan fingerprint density at radius 3 is 1.75 bits per heavy atom. The molecule has 0 spiro atoms. The van der Waals surface area contributed by atoms with Crippen LogP contribution < -0.4 is 0 Å². The normalized spacial score (nSPS) is 17.4. The molecular formula is C40H26. The summed E-state index contributed by atoms with van der Waals surface area (Å²) in [6.45, 7) is 0. The second-order valence-corrected chi connectivity index (χ2v) is 9.17. The van der Waals surface area contributed by atoms with Gasteiger partial charge in [0.15, 0.2) is 0 Å². The minimum Gasteiger partial charge on any atom is -0.0616 e. The Bertz CT molecular complexity index is 3090. The van der Waals surface area contributed by atoms with Gasteiger partial charge in [-0.3, -0.25) is 0 Å². The Morgan fingerprint density at radius 1 is 0.350 bits per heavy atom. The van der Waals surface area contributed by atoms with E-state index in [-0.39, 0.29) is 43.8 Å². The van der Waals surface area contributed by atoms with Gasteiger partial charge >= 0.3 is 0 Å². The zero-order valence-corrected chi connectivity index (χ0v) is 20.7. The van der Waals surface area contributed by atoms with E-state index >= 15 is 0 Å². The fourth-order valence-electron chi connectivity index (χ4n) is 5.22. The van der Waals surface area contributed by atoms with Gasteiger partial charge in [-0.2, -0.15) is 0 Å². The van der Waals surface area contributed by atoms with Crippen LogP contribution in [0.3, 0.4) is 0 Å². The monoisotopic (exact) mass is 523 g/mol. The summed E-state index contributed by atoms with van der Waals surface area (Å²) in [6, 6.07) is 5.17. The van der Waals surface area contributed by atoms with Crippen molar-refractivity contribution in [2.45, 2.75) is 0 Å². The zero-order valence-electron chi connectivity index (χ0n) is 37.7. The van der Waals surface area contributed by atoms with Crippen LogP contribution in [-0.2, 0) is 0 Å². The molecule has 0 bridgehead atoms. The molecule has 8 aromatic rings. The van der Waals surface area contributed by atoms with Crippen molar-refractivity contribution in [3.63, 3.8) is 0 Å². The van der Waals surface area contributed by atoms with Crippen molar-refractivity contribution in [2.24, 2.45) is 0 Å². The molecule has 0 fully saturated rings. The molecule has 0 aromatic heterocycles. The molecule has 0 aliphatic carbocycles. The zero-order chi connectivity index (χ0) is 41.3. The Labute approximate surface area is 257 Å². The second kappa shape index (κ2) is 9.22. The molecule has 0 nitrogen and oxygen atoms in total. The van der Waals surface area contributed by atoms with Crippen molar-refractivity contribution in [1.82, 2.24) is 0 Å². The Hall–Kier alpha value is -5.20. The maximum atomic E-state index is 9.63. The molecule has 0 amide bonds. The molecule has 8 aromatic carbocycles. The molecule has 40 heavy (non-hydrogen) atoms. The second-order valence-electron chi connectivity index (χ2n) is 9.17. The van der Waals surface area contributed by atoms with Gasteiger partial charge in [0.1, 0.15) is 0 Å². The van der Waals surface area contributed by atoms with Gasteiger partial charge in [-0.05, 0) is 88.6 Å². The van der Waals surface area contributed by atoms with Gasteiger partial charge in [-0.1, -0.05) is 145 Å². The first-order valence-electron chi connectivity index (χ1n) is 21.0. The molecule has 0 unspecified atom stereocenters. The van der Waals surface area contributed by atoms with Crippen LogP contribution in [0.25, 0.3) is 76.5 Å². The van der Waals surface area contributed by atoms with Crippen LogP contribution in [0, 0.1) is 0 Å². The number of fused-ring (bicyclic) bond motifs is 4. The minimum atomic E-state index is -0.660. The van der Waals surface area contributed by atoms with E-state index in [1.54, 1.807) is 48.5 Å². The van der Waals surface area contributed by atoms with E-state index in [2.05, 4.69) is 0 Å². The fourth-order valence-corrected chi connectivity index (χ4v) is 5.22. The highest BCUT2D eigenvalue weighted by Gasteiger charge is 2.18. The van der Waals surface area contributed by atoms with Gasteiger partial charge in [-0.15, -0.1) is 0 Å². The van der Waals surface area contributed by atoms with E-state index in [4.69, 9.17) is 20.6 Å². The summed E-state index contributed by atoms with van der Waals surface area (Å²) in [4.78, 5) is 0. The molecule has 0 N–H and O–H groups in total. The molecule has 0 radical (unpaired) electrons. The largest absolute Gasteiger partial charge is 0.0636 e. The fraction of sp³-hybridized carbons (Fsp3) is 0. The maximum absolute atomic E-state index is 9.63. The number of hydrogen-bond donors (Lipinski definition) is 0. The van der Waals surface area contributed by atoms with Crippen LogP contribution in [-0.4, -0.2) is 0 Å². The van der Waals surface area contributed by atoms with Gasteiger partial charge in [0.2, 0.25) is 0 Å². The van der Waals surface area contributed by atoms with Crippen molar-refractivity contribution < 1.29 is 23.3 Å². The lowest BCUT2D eigenvalue weighted by Gasteiger charge is -2.19. The van der Waals surface area contributed by atoms with Crippen molar-refractivity contribution in [2.75, 3.05) is 0 Å². The number of benzene rings is 8. The van der Waals surface area contributed by atoms with E-state index in [9.17, 15) is 2.74 Å². The molecule has 0 heterocycles. The van der Waals surface area contributed by atoms with Crippen LogP contribution in [0.5, 0.6) is 0 Å². The molecule has 0 atom stereocenters. The first kappa shape index (κ1) is 11.5. The molecule has 0 heteroatoms. The van der Waals surface area contributed by atoms with E-state index in [0.29, 0.717) is 21.5 Å². The summed E-state index contributed by atoms with van der Waals surface area (Å²) in [5, 5.41) is 0.724. The van der Waals surface area contributed by atoms with Crippen molar-refractivity contribution in [3.8, 4) is 33.4 Å². The van der Waals surface area contributed by atoms with Crippen LogP contribution in [0.1, 0.15) is 23.3 Å². The van der Waals surface area contributed by atoms with Gasteiger partial charge in [-0.25, -0.2) is 0 Å². The summed E-state index contributed by atoms with van der Waals surface area (Å²) in [6.07, 6.45) is 0. The van der Waals surface area contributed by atoms with Crippen LogP contribution in [0.4, 0.5) is 0 Å². The summed E-state index contributed by atoms with van der Waals surface area (Å²) < 4.78 is 149. The number of hydrogen-bond acceptors (Lipinski definition) is 0. The van der Waals surface area contributed by atoms with Crippen LogP contribution in [0.15, 0.2) is 157 Å². The quantitative estimate of drug-likeness (QED) is 0.202. The maximum Gasteiger partial charge on any atom is 0.0636 e. The molecule has 0 aliphatic heterocycles. The molecule has 0 aliphatic rings. The first-order valence-corrected chi connectivity index (χ1v) is 12.5. The highest BCUT2D eigenvalue weighted by molar-refractivity contribution is 6.23. The topological polar surface area (TPSA) is 0 Å². The average Bonchev–Trinajstić information content (AvgIpc) is 3.20. The Kier molecular flexibility index (Phi) is 2.65. The van der Waals surface area contributed by atoms with Gasteiger partial charge in [0.25, 0.3) is 0 Å². The third-order valence-electron chi connectivity index (χ3n) is 6.94. The summed E-state index contributed by atoms with van der Waals surface area (Å²) in [5.41, 5.74) is -0.492. The standard InChI is InChI=1S/C40H26/c1-2-13-29-25-31(24-23-27(29)11-1)30-15-9-16-32(26-30)39-35-18-5-7-20-37(35)40(38-21-8-6-19-36(38)39)34-22-10-14-28-12-3-4-17-33(28)34/h1-26H/i1D,2D,3D,4D,9D,10D,11D,12D,14D,15D,16D,17D,22D,23D,24D,25D,26D. The van der Waals surface area contributed by atoms with Crippen molar-refractivity contribution in [3.05, 3.63) is 157 Å². The van der Waals surface area contributed by atoms with Gasteiger partial charge in [0.05, 0.1) is 23.3 Å². The Morgan fingerprint density at radius 2 is 0.950 bits per heavy atom. The molecule has 8 rings (SSSR count). The predicted molar refractivity (Wildman–Crippen MR) is 173 cm³/mol. The molecule has 0 saturated carbocycles. The predicted octanol–water partition coefficient (Wildman–Crippen LogP) is 11.3. The van der Waals surface area contributed by atoms with E-state index in [1.165, 1.54) is 0 Å². The lowest BCUT2D eigenvalue weighted by atomic mass is 9.84. The van der Waals surface area contributed by atoms with Gasteiger partial charge in [0, 0.05) is 0 Å². The first-order chi connectivity index (χ1) is 26.9. The third kappa shape index (κ3) is 3.61. The minimum absolute atomic E-state index is 0.0345. The lowest BCUT2D eigenvalue weighted by Crippen LogP contribution is -1.92. The Balaban J connectivity index is 1.57. The van der Waals surface area contributed by atoms with Crippen LogP contribution >= 0.6 is 0 Å². The molecule has 0 saturated heterocycles. The highest BCUT2D eigenvalue weighted by atomic mass is 14.2. The van der Waals surface area contributed by atoms with Crippen molar-refractivity contribution in [1.29, 1.82) is 0 Å². The van der Waals surface area contributed by atoms with Gasteiger partial charge < -0.3 is 0 Å². The highest BCUT2D eigenvalue weighted by Crippen LogP contribution is 2.45. The average molecular weight is 524 g/mol. The van der Waals surface area contributed by atoms with E-state index in [0.717, 1.165) is 6.07 Å². The van der Waals surface area contributed by atoms with Crippen LogP contribution in [0.2, 0.25) is 0 Å². The summed E-state index contributed by atoms with van der Waals surface area (Å²) in [7, 11) is 0. The van der Waals surface area contributed by atoms with Crippen molar-refractivity contribution >= 4 is 43.1 Å². The smallest absolute Gasteiger partial charge is 0.0616 e. The molecule has 186 valence electrons. The SMILES string of the molecule is [2H]c1cc2c([2H])c(-c3c([2H])c([2H])c([2H])c(-c4c5ccccc5c(-c5c([2H])c([2H])c([2H])c6c([2H])c([2H])c([2H])c([2H])c56)c5ccccc45)c3[2H])c([2H])c([2H])c2c([2H])c1[2H]. The van der Waals surface area contributed by atoms with E-state index in [1.807, 2.05) is 0 Å². The lowest BCUT2D eigenvalue weighted by molar-refractivity contribution is 1.63.